The van der Waals surface area contributed by atoms with E-state index >= 15 is 0 Å². The molecule has 0 spiro atoms. The zero-order chi connectivity index (χ0) is 69.0. The normalized spacial score (nSPS) is 21.1. The molecule has 1 unspecified atom stereocenters. The van der Waals surface area contributed by atoms with Crippen LogP contribution < -0.4 is 0 Å². The number of ether oxygens (including phenoxy) is 11. The zero-order valence-corrected chi connectivity index (χ0v) is 53.7. The molecule has 2 aliphatic rings. The van der Waals surface area contributed by atoms with Crippen LogP contribution in [0, 0.1) is 0 Å². The quantitative estimate of drug-likeness (QED) is 0.0165. The van der Waals surface area contributed by atoms with Crippen LogP contribution in [0.3, 0.4) is 0 Å². The van der Waals surface area contributed by atoms with Crippen LogP contribution in [0.2, 0.25) is 0 Å². The Bertz CT molecular complexity index is 4010. The van der Waals surface area contributed by atoms with Crippen molar-refractivity contribution in [3.05, 3.63) is 316 Å². The molecule has 2 saturated heterocycles. The Hall–Kier alpha value is -9.49. The fraction of sp³-hybridized carbons (Fsp3) is 0.247. The third-order valence-electron chi connectivity index (χ3n) is 15.9. The lowest BCUT2D eigenvalue weighted by molar-refractivity contribution is -0.341. The number of thioether (sulfide) groups is 1. The summed E-state index contributed by atoms with van der Waals surface area (Å²) in [5, 5.41) is -0.392. The molecule has 0 aliphatic carbocycles. The second-order valence-corrected chi connectivity index (χ2v) is 23.9. The highest BCUT2D eigenvalue weighted by Gasteiger charge is 2.56. The first-order valence-corrected chi connectivity index (χ1v) is 32.6. The highest BCUT2D eigenvalue weighted by molar-refractivity contribution is 8.12. The first-order chi connectivity index (χ1) is 48.1. The number of nitrogens with zero attached hydrogens (tertiary/aromatic N) is 1. The highest BCUT2D eigenvalue weighted by atomic mass is 32.2. The Kier molecular flexibility index (Phi) is 24.6. The van der Waals surface area contributed by atoms with E-state index in [-0.39, 0.29) is 61.2 Å². The molecule has 0 N–H and O–H groups in total. The summed E-state index contributed by atoms with van der Waals surface area (Å²) in [6.07, 6.45) is -24.3. The van der Waals surface area contributed by atoms with Crippen molar-refractivity contribution in [2.45, 2.75) is 106 Å². The van der Waals surface area contributed by atoms with E-state index in [1.165, 1.54) is 48.5 Å². The van der Waals surface area contributed by atoms with Gasteiger partial charge in [0, 0.05) is 5.75 Å². The standard InChI is InChI=1S/C77H67F6NO14S/c78-76(79,80)59-38-36-55(37-39-59)50-99-75(84-61-42-40-60(41-43-61)77(81,82)83)98-74-69(97-72(87)58-34-20-7-21-35-58)67(96-71(86)57-32-18-6-19-33-57)65(95-70(85)56-30-16-5-17-31-56)63(94-74)49-92-73-68(91-47-54-28-14-4-15-29-54)66(90-46-53-26-12-3-13-27-53)64(89-45-52-24-10-2-11-25-52)62(93-73)48-88-44-51-22-8-1-9-23-51/h1-43,62-69,73-74H,44-50H2/t62-,63-,64-,65-,66+,67+,68-,69-,73?,74-/m1/s1. The monoisotopic (exact) mass is 1380 g/mol. The van der Waals surface area contributed by atoms with Crippen molar-refractivity contribution in [3.63, 3.8) is 0 Å². The molecular weight excluding hydrogens is 1310 g/mol. The van der Waals surface area contributed by atoms with Crippen LogP contribution in [-0.2, 0) is 96.6 Å². The van der Waals surface area contributed by atoms with Crippen molar-refractivity contribution >= 4 is 40.6 Å². The molecule has 512 valence electrons. The Morgan fingerprint density at radius 3 is 1.18 bits per heavy atom. The predicted molar refractivity (Wildman–Crippen MR) is 354 cm³/mol. The molecule has 0 saturated carbocycles. The number of alkyl halides is 6. The number of rotatable bonds is 26. The molecule has 2 heterocycles. The van der Waals surface area contributed by atoms with Gasteiger partial charge in [-0.05, 0) is 101 Å². The van der Waals surface area contributed by atoms with Gasteiger partial charge < -0.3 is 52.1 Å². The molecule has 9 aromatic carbocycles. The molecule has 0 bridgehead atoms. The molecule has 11 rings (SSSR count). The van der Waals surface area contributed by atoms with Crippen molar-refractivity contribution in [2.24, 2.45) is 4.99 Å². The largest absolute Gasteiger partial charge is 0.452 e. The van der Waals surface area contributed by atoms with Gasteiger partial charge in [0.1, 0.15) is 30.5 Å². The summed E-state index contributed by atoms with van der Waals surface area (Å²) in [5.41, 5.74) is 1.62. The minimum atomic E-state index is -4.74. The lowest BCUT2D eigenvalue weighted by Gasteiger charge is -2.47. The van der Waals surface area contributed by atoms with Crippen molar-refractivity contribution in [3.8, 4) is 0 Å². The summed E-state index contributed by atoms with van der Waals surface area (Å²) < 4.78 is 158. The van der Waals surface area contributed by atoms with E-state index in [0.717, 1.165) is 70.4 Å². The summed E-state index contributed by atoms with van der Waals surface area (Å²) in [5.74, 6) is -3.14. The molecule has 0 amide bonds. The van der Waals surface area contributed by atoms with E-state index in [1.807, 2.05) is 121 Å². The molecule has 15 nitrogen and oxygen atoms in total. The maximum Gasteiger partial charge on any atom is 0.416 e. The fourth-order valence-corrected chi connectivity index (χ4v) is 11.7. The predicted octanol–water partition coefficient (Wildman–Crippen LogP) is 15.8. The molecule has 0 aromatic heterocycles. The molecule has 10 atom stereocenters. The zero-order valence-electron chi connectivity index (χ0n) is 52.9. The maximum absolute atomic E-state index is 14.8. The van der Waals surface area contributed by atoms with Crippen LogP contribution in [-0.4, -0.2) is 97.8 Å². The van der Waals surface area contributed by atoms with Gasteiger partial charge in [-0.2, -0.15) is 26.3 Å². The van der Waals surface area contributed by atoms with E-state index in [2.05, 4.69) is 4.99 Å². The topological polar surface area (TPSA) is 165 Å². The SMILES string of the molecule is O=C(O[C@@H]1[C@@H](OC(=O)c2ccccc2)[C@@H](OC(=Nc2ccc(C(F)(F)F)cc2)SCc2ccc(C(F)(F)F)cc2)O[C@H](COC2O[C@H](COCc3ccccc3)[C@@H](OCc3ccccc3)[C@H](OCc3ccccc3)[C@H]2OCc2ccccc2)[C@H]1OC(=O)c1ccccc1)c1ccccc1. The number of hydrogen-bond donors (Lipinski definition) is 0. The van der Waals surface area contributed by atoms with Gasteiger partial charge in [0.05, 0.1) is 73.1 Å². The van der Waals surface area contributed by atoms with Gasteiger partial charge in [0.15, 0.2) is 18.5 Å². The van der Waals surface area contributed by atoms with Crippen molar-refractivity contribution in [1.29, 1.82) is 0 Å². The van der Waals surface area contributed by atoms with Gasteiger partial charge in [0.2, 0.25) is 12.4 Å². The van der Waals surface area contributed by atoms with Crippen molar-refractivity contribution in [1.82, 2.24) is 0 Å². The van der Waals surface area contributed by atoms with E-state index in [4.69, 9.17) is 52.1 Å². The van der Waals surface area contributed by atoms with Gasteiger partial charge in [0.25, 0.3) is 5.23 Å². The fourth-order valence-electron chi connectivity index (χ4n) is 10.8. The van der Waals surface area contributed by atoms with E-state index in [1.54, 1.807) is 54.6 Å². The Labute approximate surface area is 571 Å². The number of halogens is 6. The second-order valence-electron chi connectivity index (χ2n) is 22.9. The molecule has 99 heavy (non-hydrogen) atoms. The Morgan fingerprint density at radius 2 is 0.727 bits per heavy atom. The van der Waals surface area contributed by atoms with Gasteiger partial charge in [-0.3, -0.25) is 0 Å². The first-order valence-electron chi connectivity index (χ1n) is 31.6. The van der Waals surface area contributed by atoms with E-state index in [0.29, 0.717) is 5.56 Å². The maximum atomic E-state index is 14.8. The van der Waals surface area contributed by atoms with Crippen LogP contribution in [0.15, 0.2) is 266 Å². The van der Waals surface area contributed by atoms with Crippen molar-refractivity contribution in [2.75, 3.05) is 13.2 Å². The molecule has 0 radical (unpaired) electrons. The van der Waals surface area contributed by atoms with Crippen LogP contribution in [0.5, 0.6) is 0 Å². The smallest absolute Gasteiger partial charge is 0.416 e. The number of aliphatic imine (C=N–C) groups is 1. The first kappa shape index (κ1) is 70.8. The number of carbonyl (C=O) groups excluding carboxylic acids is 3. The third kappa shape index (κ3) is 20.1. The molecule has 9 aromatic rings. The van der Waals surface area contributed by atoms with Crippen LogP contribution in [0.1, 0.15) is 70.0 Å². The molecule has 2 fully saturated rings. The third-order valence-corrected chi connectivity index (χ3v) is 16.8. The summed E-state index contributed by atoms with van der Waals surface area (Å²) >= 11 is 0.782. The number of hydrogen-bond acceptors (Lipinski definition) is 16. The van der Waals surface area contributed by atoms with Crippen LogP contribution in [0.4, 0.5) is 32.0 Å². The average molecular weight is 1380 g/mol. The minimum absolute atomic E-state index is 0.00335. The lowest BCUT2D eigenvalue weighted by atomic mass is 9.96. The molecular formula is C77H67F6NO14S. The Morgan fingerprint density at radius 1 is 0.354 bits per heavy atom. The Balaban J connectivity index is 1.03. The van der Waals surface area contributed by atoms with Crippen LogP contribution in [0.25, 0.3) is 0 Å². The van der Waals surface area contributed by atoms with Crippen molar-refractivity contribution < 1.29 is 92.8 Å². The molecule has 2 aliphatic heterocycles. The number of esters is 3. The summed E-state index contributed by atoms with van der Waals surface area (Å²) in [6, 6.07) is 68.9. The number of benzene rings is 9. The van der Waals surface area contributed by atoms with E-state index in [9.17, 15) is 40.7 Å². The van der Waals surface area contributed by atoms with E-state index < -0.39 is 115 Å². The van der Waals surface area contributed by atoms with Gasteiger partial charge in [-0.15, -0.1) is 0 Å². The minimum Gasteiger partial charge on any atom is -0.452 e. The van der Waals surface area contributed by atoms with Crippen LogP contribution >= 0.6 is 11.8 Å². The molecule has 22 heteroatoms. The number of carbonyl (C=O) groups is 3. The summed E-state index contributed by atoms with van der Waals surface area (Å²) in [7, 11) is 0. The summed E-state index contributed by atoms with van der Waals surface area (Å²) in [6.45, 7) is -0.439. The van der Waals surface area contributed by atoms with Gasteiger partial charge in [-0.1, -0.05) is 200 Å². The lowest BCUT2D eigenvalue weighted by Crippen LogP contribution is -2.64. The summed E-state index contributed by atoms with van der Waals surface area (Å²) in [4.78, 5) is 48.8. The average Bonchev–Trinajstić information content (AvgIpc) is 0.780. The second kappa shape index (κ2) is 34.3. The van der Waals surface area contributed by atoms with Gasteiger partial charge >= 0.3 is 30.3 Å². The van der Waals surface area contributed by atoms with Gasteiger partial charge in [-0.25, -0.2) is 19.4 Å². The highest BCUT2D eigenvalue weighted by Crippen LogP contribution is 2.38.